The van der Waals surface area contributed by atoms with Gasteiger partial charge in [0.1, 0.15) is 12.1 Å². The van der Waals surface area contributed by atoms with Gasteiger partial charge in [-0.05, 0) is 36.8 Å². The quantitative estimate of drug-likeness (QED) is 0.485. The summed E-state index contributed by atoms with van der Waals surface area (Å²) in [6.07, 6.45) is 1.67. The van der Waals surface area contributed by atoms with E-state index in [1.807, 2.05) is 47.9 Å². The monoisotopic (exact) mass is 467 g/mol. The Balaban J connectivity index is 1.37. The molecule has 1 aliphatic rings. The number of methoxy groups -OCH3 is 1. The molecule has 0 bridgehead atoms. The van der Waals surface area contributed by atoms with Gasteiger partial charge in [-0.3, -0.25) is 14.3 Å². The van der Waals surface area contributed by atoms with Crippen LogP contribution in [0.5, 0.6) is 5.75 Å². The summed E-state index contributed by atoms with van der Waals surface area (Å²) in [6.45, 7) is 5.64. The first kappa shape index (κ1) is 23.3. The van der Waals surface area contributed by atoms with Gasteiger partial charge in [0.05, 0.1) is 32.1 Å². The van der Waals surface area contributed by atoms with E-state index in [1.54, 1.807) is 13.4 Å². The van der Waals surface area contributed by atoms with Crippen molar-refractivity contribution in [2.75, 3.05) is 45.7 Å². The summed E-state index contributed by atoms with van der Waals surface area (Å²) < 4.78 is 12.7. The Morgan fingerprint density at radius 2 is 1.88 bits per heavy atom. The summed E-state index contributed by atoms with van der Waals surface area (Å²) in [6, 6.07) is 16.2. The van der Waals surface area contributed by atoms with Crippen LogP contribution in [0.4, 0.5) is 0 Å². The number of nitrogens with zero attached hydrogens (tertiary/aromatic N) is 4. The number of amides is 1. The lowest BCUT2D eigenvalue weighted by Crippen LogP contribution is -2.44. The molecule has 0 aliphatic carbocycles. The second-order valence-electron chi connectivity index (χ2n) is 7.85. The van der Waals surface area contributed by atoms with Crippen LogP contribution in [0.3, 0.4) is 0 Å². The van der Waals surface area contributed by atoms with Gasteiger partial charge in [0, 0.05) is 25.3 Å². The average Bonchev–Trinajstić information content (AvgIpc) is 3.33. The lowest BCUT2D eigenvalue weighted by atomic mass is 10.0. The number of rotatable bonds is 9. The van der Waals surface area contributed by atoms with Gasteiger partial charge in [-0.1, -0.05) is 41.6 Å². The van der Waals surface area contributed by atoms with E-state index < -0.39 is 0 Å². The summed E-state index contributed by atoms with van der Waals surface area (Å²) in [5, 5.41) is 12.0. The van der Waals surface area contributed by atoms with E-state index in [9.17, 15) is 4.79 Å². The number of carbonyl (C=O) groups is 1. The van der Waals surface area contributed by atoms with E-state index in [4.69, 9.17) is 9.47 Å². The molecule has 1 atom stereocenters. The van der Waals surface area contributed by atoms with Crippen LogP contribution in [-0.2, 0) is 9.53 Å². The van der Waals surface area contributed by atoms with Crippen molar-refractivity contribution >= 4 is 17.7 Å². The lowest BCUT2D eigenvalue weighted by Gasteiger charge is -2.35. The van der Waals surface area contributed by atoms with Crippen molar-refractivity contribution in [3.05, 3.63) is 66.0 Å². The third-order valence-corrected chi connectivity index (χ3v) is 6.58. The number of aryl methyl sites for hydroxylation is 1. The number of nitrogens with one attached hydrogen (secondary N) is 1. The predicted octanol–water partition coefficient (Wildman–Crippen LogP) is 2.87. The summed E-state index contributed by atoms with van der Waals surface area (Å²) >= 11 is 1.38. The fourth-order valence-corrected chi connectivity index (χ4v) is 4.53. The van der Waals surface area contributed by atoms with E-state index in [-0.39, 0.29) is 17.7 Å². The number of thioether (sulfide) groups is 1. The van der Waals surface area contributed by atoms with Crippen LogP contribution in [-0.4, -0.2) is 71.3 Å². The van der Waals surface area contributed by atoms with Gasteiger partial charge in [0.15, 0.2) is 5.16 Å². The zero-order valence-electron chi connectivity index (χ0n) is 18.9. The molecule has 8 nitrogen and oxygen atoms in total. The van der Waals surface area contributed by atoms with E-state index in [1.165, 1.54) is 17.3 Å². The van der Waals surface area contributed by atoms with Gasteiger partial charge < -0.3 is 14.8 Å². The smallest absolute Gasteiger partial charge is 0.230 e. The van der Waals surface area contributed by atoms with Crippen molar-refractivity contribution in [2.45, 2.75) is 18.1 Å². The molecule has 4 rings (SSSR count). The maximum atomic E-state index is 12.7. The van der Waals surface area contributed by atoms with E-state index in [2.05, 4.69) is 32.5 Å². The largest absolute Gasteiger partial charge is 0.497 e. The molecule has 1 unspecified atom stereocenters. The molecular formula is C24H29N5O3S. The Labute approximate surface area is 198 Å². The second-order valence-corrected chi connectivity index (χ2v) is 8.79. The zero-order valence-corrected chi connectivity index (χ0v) is 19.8. The van der Waals surface area contributed by atoms with Gasteiger partial charge in [-0.25, -0.2) is 0 Å². The van der Waals surface area contributed by atoms with Crippen LogP contribution >= 0.6 is 11.8 Å². The van der Waals surface area contributed by atoms with E-state index in [0.29, 0.717) is 24.9 Å². The Morgan fingerprint density at radius 3 is 2.58 bits per heavy atom. The van der Waals surface area contributed by atoms with Crippen molar-refractivity contribution in [3.63, 3.8) is 0 Å². The van der Waals surface area contributed by atoms with Crippen LogP contribution in [0.1, 0.15) is 17.2 Å². The van der Waals surface area contributed by atoms with Gasteiger partial charge in [0.2, 0.25) is 5.91 Å². The fourth-order valence-electron chi connectivity index (χ4n) is 3.77. The Morgan fingerprint density at radius 1 is 1.15 bits per heavy atom. The molecule has 1 saturated heterocycles. The molecule has 0 radical (unpaired) electrons. The molecule has 1 aliphatic heterocycles. The fraction of sp³-hybridized carbons (Fsp3) is 0.375. The molecule has 1 N–H and O–H groups in total. The molecule has 2 aromatic carbocycles. The van der Waals surface area contributed by atoms with Crippen LogP contribution in [0.15, 0.2) is 60.0 Å². The highest BCUT2D eigenvalue weighted by atomic mass is 32.2. The number of hydrogen-bond acceptors (Lipinski definition) is 7. The molecule has 33 heavy (non-hydrogen) atoms. The van der Waals surface area contributed by atoms with Crippen LogP contribution in [0, 0.1) is 6.92 Å². The minimum atomic E-state index is -0.0368. The van der Waals surface area contributed by atoms with E-state index >= 15 is 0 Å². The normalized spacial score (nSPS) is 15.2. The summed E-state index contributed by atoms with van der Waals surface area (Å²) in [5.74, 6) is 1.05. The third kappa shape index (κ3) is 6.13. The third-order valence-electron chi connectivity index (χ3n) is 5.64. The van der Waals surface area contributed by atoms with E-state index in [0.717, 1.165) is 30.1 Å². The first-order chi connectivity index (χ1) is 16.1. The molecule has 174 valence electrons. The molecule has 0 spiro atoms. The Bertz CT molecular complexity index is 1030. The summed E-state index contributed by atoms with van der Waals surface area (Å²) in [4.78, 5) is 15.1. The van der Waals surface area contributed by atoms with Crippen molar-refractivity contribution in [3.8, 4) is 11.4 Å². The highest BCUT2D eigenvalue weighted by Crippen LogP contribution is 2.24. The SMILES string of the molecule is COc1ccc(C(CNC(=O)CSc2nncn2-c2ccc(C)cc2)N2CCOCC2)cc1. The van der Waals surface area contributed by atoms with Crippen molar-refractivity contribution in [1.82, 2.24) is 25.0 Å². The standard InChI is InChI=1S/C24H29N5O3S/c1-18-3-7-20(8-4-18)29-17-26-27-24(29)33-16-23(30)25-15-22(28-11-13-32-14-12-28)19-5-9-21(31-2)10-6-19/h3-10,17,22H,11-16H2,1-2H3,(H,25,30). The maximum absolute atomic E-state index is 12.7. The van der Waals surface area contributed by atoms with Crippen LogP contribution < -0.4 is 10.1 Å². The van der Waals surface area contributed by atoms with Gasteiger partial charge >= 0.3 is 0 Å². The second kappa shape index (κ2) is 11.3. The number of hydrogen-bond donors (Lipinski definition) is 1. The highest BCUT2D eigenvalue weighted by molar-refractivity contribution is 7.99. The molecule has 1 fully saturated rings. The topological polar surface area (TPSA) is 81.5 Å². The zero-order chi connectivity index (χ0) is 23.0. The first-order valence-corrected chi connectivity index (χ1v) is 11.9. The number of ether oxygens (including phenoxy) is 2. The molecule has 2 heterocycles. The Hall–Kier alpha value is -2.88. The summed E-state index contributed by atoms with van der Waals surface area (Å²) in [5.41, 5.74) is 3.30. The van der Waals surface area contributed by atoms with Crippen molar-refractivity contribution in [2.24, 2.45) is 0 Å². The maximum Gasteiger partial charge on any atom is 0.230 e. The number of morpholine rings is 1. The van der Waals surface area contributed by atoms with Crippen molar-refractivity contribution in [1.29, 1.82) is 0 Å². The van der Waals surface area contributed by atoms with Crippen LogP contribution in [0.25, 0.3) is 5.69 Å². The molecule has 3 aromatic rings. The predicted molar refractivity (Wildman–Crippen MR) is 128 cm³/mol. The highest BCUT2D eigenvalue weighted by Gasteiger charge is 2.23. The van der Waals surface area contributed by atoms with Gasteiger partial charge in [-0.15, -0.1) is 10.2 Å². The first-order valence-electron chi connectivity index (χ1n) is 11.0. The molecular weight excluding hydrogens is 438 g/mol. The Kier molecular flexibility index (Phi) is 7.98. The molecule has 9 heteroatoms. The minimum absolute atomic E-state index is 0.0368. The molecule has 0 saturated carbocycles. The van der Waals surface area contributed by atoms with Gasteiger partial charge in [-0.2, -0.15) is 0 Å². The van der Waals surface area contributed by atoms with Crippen LogP contribution in [0.2, 0.25) is 0 Å². The minimum Gasteiger partial charge on any atom is -0.497 e. The average molecular weight is 468 g/mol. The number of carbonyl (C=O) groups excluding carboxylic acids is 1. The number of benzene rings is 2. The lowest BCUT2D eigenvalue weighted by molar-refractivity contribution is -0.118. The van der Waals surface area contributed by atoms with Crippen molar-refractivity contribution < 1.29 is 14.3 Å². The molecule has 1 amide bonds. The summed E-state index contributed by atoms with van der Waals surface area (Å²) in [7, 11) is 1.66. The molecule has 1 aromatic heterocycles. The number of aromatic nitrogens is 3. The van der Waals surface area contributed by atoms with Gasteiger partial charge in [0.25, 0.3) is 0 Å².